The average Bonchev–Trinajstić information content (AvgIpc) is 2.89. The number of nitrogens with zero attached hydrogens (tertiary/aromatic N) is 3. The van der Waals surface area contributed by atoms with Crippen molar-refractivity contribution in [1.82, 2.24) is 4.98 Å². The monoisotopic (exact) mass is 362 g/mol. The number of aromatic nitrogens is 1. The van der Waals surface area contributed by atoms with Gasteiger partial charge >= 0.3 is 0 Å². The molecule has 1 saturated carbocycles. The summed E-state index contributed by atoms with van der Waals surface area (Å²) in [5.41, 5.74) is 3.04. The fourth-order valence-electron chi connectivity index (χ4n) is 3.95. The van der Waals surface area contributed by atoms with Gasteiger partial charge in [-0.25, -0.2) is 4.98 Å². The van der Waals surface area contributed by atoms with Gasteiger partial charge < -0.3 is 15.0 Å². The highest BCUT2D eigenvalue weighted by molar-refractivity contribution is 5.99. The van der Waals surface area contributed by atoms with Crippen molar-refractivity contribution in [3.8, 4) is 6.07 Å². The lowest BCUT2D eigenvalue weighted by Gasteiger charge is -2.31. The summed E-state index contributed by atoms with van der Waals surface area (Å²) in [5.74, 6) is 0.842. The summed E-state index contributed by atoms with van der Waals surface area (Å²) < 4.78 is 5.44. The van der Waals surface area contributed by atoms with Crippen molar-refractivity contribution in [3.63, 3.8) is 0 Å². The fraction of sp³-hybridized carbons (Fsp3) is 0.381. The first-order valence-electron chi connectivity index (χ1n) is 9.29. The molecular formula is C21H22N4O2. The Labute approximate surface area is 158 Å². The van der Waals surface area contributed by atoms with Crippen LogP contribution < -0.4 is 10.2 Å². The van der Waals surface area contributed by atoms with E-state index in [1.165, 1.54) is 0 Å². The maximum absolute atomic E-state index is 13.4. The molecule has 2 aromatic rings. The molecule has 1 N–H and O–H groups in total. The summed E-state index contributed by atoms with van der Waals surface area (Å²) in [6.45, 7) is 0.446. The van der Waals surface area contributed by atoms with Gasteiger partial charge in [-0.3, -0.25) is 4.79 Å². The van der Waals surface area contributed by atoms with Crippen LogP contribution in [0.25, 0.3) is 0 Å². The minimum absolute atomic E-state index is 0.0202. The molecule has 2 heterocycles. The van der Waals surface area contributed by atoms with E-state index in [0.717, 1.165) is 48.4 Å². The summed E-state index contributed by atoms with van der Waals surface area (Å²) in [5, 5.41) is 12.6. The van der Waals surface area contributed by atoms with Crippen LogP contribution in [-0.2, 0) is 16.1 Å². The number of ether oxygens (including phenoxy) is 1. The average molecular weight is 362 g/mol. The van der Waals surface area contributed by atoms with E-state index >= 15 is 0 Å². The molecule has 27 heavy (non-hydrogen) atoms. The molecule has 6 heteroatoms. The predicted octanol–water partition coefficient (Wildman–Crippen LogP) is 3.75. The predicted molar refractivity (Wildman–Crippen MR) is 103 cm³/mol. The molecule has 6 nitrogen and oxygen atoms in total. The van der Waals surface area contributed by atoms with Crippen molar-refractivity contribution < 1.29 is 9.53 Å². The first-order chi connectivity index (χ1) is 13.2. The number of fused-ring (bicyclic) bond motifs is 2. The van der Waals surface area contributed by atoms with Crippen molar-refractivity contribution in [2.75, 3.05) is 17.3 Å². The summed E-state index contributed by atoms with van der Waals surface area (Å²) >= 11 is 0. The highest BCUT2D eigenvalue weighted by Crippen LogP contribution is 2.38. The SMILES string of the molecule is COC1CCC(C(=O)N2Cc3cccnc3Nc3ccc(C#N)cc32)CC1. The molecule has 0 saturated heterocycles. The van der Waals surface area contributed by atoms with Crippen molar-refractivity contribution in [2.45, 2.75) is 38.3 Å². The second-order valence-corrected chi connectivity index (χ2v) is 7.11. The Hall–Kier alpha value is -2.91. The Morgan fingerprint density at radius 1 is 1.30 bits per heavy atom. The van der Waals surface area contributed by atoms with E-state index in [0.29, 0.717) is 12.1 Å². The highest BCUT2D eigenvalue weighted by Gasteiger charge is 2.32. The molecule has 1 aliphatic heterocycles. The number of carbonyl (C=O) groups excluding carboxylic acids is 1. The third-order valence-electron chi connectivity index (χ3n) is 5.51. The third kappa shape index (κ3) is 3.38. The zero-order valence-electron chi connectivity index (χ0n) is 15.3. The van der Waals surface area contributed by atoms with Crippen molar-refractivity contribution in [1.29, 1.82) is 5.26 Å². The van der Waals surface area contributed by atoms with E-state index < -0.39 is 0 Å². The number of benzene rings is 1. The molecule has 1 aliphatic carbocycles. The molecular weight excluding hydrogens is 340 g/mol. The molecule has 0 unspecified atom stereocenters. The summed E-state index contributed by atoms with van der Waals surface area (Å²) in [6.07, 6.45) is 5.45. The van der Waals surface area contributed by atoms with Crippen LogP contribution in [0, 0.1) is 17.2 Å². The van der Waals surface area contributed by atoms with Gasteiger partial charge in [0.1, 0.15) is 5.82 Å². The van der Waals surface area contributed by atoms with Gasteiger partial charge in [0.15, 0.2) is 0 Å². The van der Waals surface area contributed by atoms with Gasteiger partial charge in [0.2, 0.25) is 5.91 Å². The molecule has 2 aliphatic rings. The van der Waals surface area contributed by atoms with Gasteiger partial charge in [0.25, 0.3) is 0 Å². The van der Waals surface area contributed by atoms with Crippen LogP contribution in [0.5, 0.6) is 0 Å². The van der Waals surface area contributed by atoms with Gasteiger partial charge in [-0.1, -0.05) is 6.07 Å². The molecule has 1 amide bonds. The van der Waals surface area contributed by atoms with Crippen LogP contribution in [-0.4, -0.2) is 24.1 Å². The number of amides is 1. The standard InChI is InChI=1S/C21H22N4O2/c1-27-17-7-5-15(6-8-17)21(26)25-13-16-3-2-10-23-20(16)24-18-9-4-14(12-22)11-19(18)25/h2-4,9-11,15,17H,5-8,13H2,1H3,(H,23,24). The normalized spacial score (nSPS) is 21.3. The van der Waals surface area contributed by atoms with Crippen molar-refractivity contribution >= 4 is 23.1 Å². The quantitative estimate of drug-likeness (QED) is 0.880. The first-order valence-corrected chi connectivity index (χ1v) is 9.29. The Bertz CT molecular complexity index is 897. The van der Waals surface area contributed by atoms with Crippen LogP contribution >= 0.6 is 0 Å². The zero-order chi connectivity index (χ0) is 18.8. The van der Waals surface area contributed by atoms with E-state index in [-0.39, 0.29) is 17.9 Å². The number of hydrogen-bond acceptors (Lipinski definition) is 5. The lowest BCUT2D eigenvalue weighted by Crippen LogP contribution is -2.38. The summed E-state index contributed by atoms with van der Waals surface area (Å²) in [4.78, 5) is 19.7. The van der Waals surface area contributed by atoms with Crippen LogP contribution in [0.4, 0.5) is 17.2 Å². The van der Waals surface area contributed by atoms with Crippen molar-refractivity contribution in [3.05, 3.63) is 47.7 Å². The van der Waals surface area contributed by atoms with E-state index in [1.807, 2.05) is 23.1 Å². The Morgan fingerprint density at radius 3 is 2.85 bits per heavy atom. The van der Waals surface area contributed by atoms with Gasteiger partial charge in [-0.2, -0.15) is 5.26 Å². The largest absolute Gasteiger partial charge is 0.381 e. The second kappa shape index (κ2) is 7.37. The smallest absolute Gasteiger partial charge is 0.230 e. The minimum atomic E-state index is -0.0202. The molecule has 1 aromatic heterocycles. The third-order valence-corrected chi connectivity index (χ3v) is 5.51. The Morgan fingerprint density at radius 2 is 2.11 bits per heavy atom. The molecule has 1 fully saturated rings. The Balaban J connectivity index is 1.70. The van der Waals surface area contributed by atoms with Crippen LogP contribution in [0.1, 0.15) is 36.8 Å². The van der Waals surface area contributed by atoms with E-state index in [2.05, 4.69) is 16.4 Å². The van der Waals surface area contributed by atoms with Crippen LogP contribution in [0.3, 0.4) is 0 Å². The van der Waals surface area contributed by atoms with E-state index in [9.17, 15) is 10.1 Å². The number of carbonyl (C=O) groups is 1. The Kier molecular flexibility index (Phi) is 4.78. The molecule has 0 bridgehead atoms. The molecule has 138 valence electrons. The topological polar surface area (TPSA) is 78.2 Å². The van der Waals surface area contributed by atoms with Crippen LogP contribution in [0.2, 0.25) is 0 Å². The molecule has 4 rings (SSSR count). The maximum Gasteiger partial charge on any atom is 0.230 e. The lowest BCUT2D eigenvalue weighted by atomic mass is 9.86. The summed E-state index contributed by atoms with van der Waals surface area (Å²) in [7, 11) is 1.73. The highest BCUT2D eigenvalue weighted by atomic mass is 16.5. The van der Waals surface area contributed by atoms with Crippen LogP contribution in [0.15, 0.2) is 36.5 Å². The maximum atomic E-state index is 13.4. The number of nitriles is 1. The minimum Gasteiger partial charge on any atom is -0.381 e. The van der Waals surface area contributed by atoms with Crippen molar-refractivity contribution in [2.24, 2.45) is 5.92 Å². The van der Waals surface area contributed by atoms with E-state index in [4.69, 9.17) is 4.74 Å². The van der Waals surface area contributed by atoms with Gasteiger partial charge in [0.05, 0.1) is 35.7 Å². The molecule has 0 spiro atoms. The van der Waals surface area contributed by atoms with E-state index in [1.54, 1.807) is 25.4 Å². The second-order valence-electron chi connectivity index (χ2n) is 7.11. The number of pyridine rings is 1. The first kappa shape index (κ1) is 17.5. The number of methoxy groups -OCH3 is 1. The number of nitrogens with one attached hydrogen (secondary N) is 1. The lowest BCUT2D eigenvalue weighted by molar-refractivity contribution is -0.124. The number of rotatable bonds is 2. The van der Waals surface area contributed by atoms with Gasteiger partial charge in [-0.05, 0) is 49.9 Å². The van der Waals surface area contributed by atoms with Gasteiger partial charge in [-0.15, -0.1) is 0 Å². The number of anilines is 3. The molecule has 0 radical (unpaired) electrons. The molecule has 1 aromatic carbocycles. The zero-order valence-corrected chi connectivity index (χ0v) is 15.3. The summed E-state index contributed by atoms with van der Waals surface area (Å²) in [6, 6.07) is 11.4. The number of hydrogen-bond donors (Lipinski definition) is 1. The molecule has 0 atom stereocenters. The fourth-order valence-corrected chi connectivity index (χ4v) is 3.95. The van der Waals surface area contributed by atoms with Gasteiger partial charge in [0, 0.05) is 24.8 Å².